The summed E-state index contributed by atoms with van der Waals surface area (Å²) in [6.45, 7) is 0.301. The van der Waals surface area contributed by atoms with Crippen LogP contribution in [0.5, 0.6) is 0 Å². The molecule has 2 rings (SSSR count). The number of nitro groups is 1. The van der Waals surface area contributed by atoms with Gasteiger partial charge in [-0.25, -0.2) is 9.97 Å². The van der Waals surface area contributed by atoms with Gasteiger partial charge < -0.3 is 4.90 Å². The zero-order chi connectivity index (χ0) is 20.4. The zero-order valence-electron chi connectivity index (χ0n) is 14.6. The number of anilines is 2. The van der Waals surface area contributed by atoms with Gasteiger partial charge in [0.2, 0.25) is 11.6 Å². The van der Waals surface area contributed by atoms with E-state index >= 15 is 0 Å². The molecule has 2 heterocycles. The Morgan fingerprint density at radius 3 is 2.54 bits per heavy atom. The van der Waals surface area contributed by atoms with Crippen LogP contribution in [0.2, 0.25) is 0 Å². The molecule has 0 aromatic carbocycles. The Morgan fingerprint density at radius 1 is 1.25 bits per heavy atom. The first-order valence-electron chi connectivity index (χ1n) is 8.03. The molecule has 2 N–H and O–H groups in total. The molecule has 28 heavy (non-hydrogen) atoms. The molecule has 2 aromatic heterocycles. The number of nitriles is 2. The number of hydrogen-bond donors (Lipinski definition) is 2. The Morgan fingerprint density at radius 2 is 1.96 bits per heavy atom. The normalized spacial score (nSPS) is 9.64. The molecule has 0 fully saturated rings. The highest BCUT2D eigenvalue weighted by molar-refractivity contribution is 5.94. The highest BCUT2D eigenvalue weighted by Crippen LogP contribution is 2.31. The van der Waals surface area contributed by atoms with Crippen molar-refractivity contribution in [3.8, 4) is 12.1 Å². The third-order valence-electron chi connectivity index (χ3n) is 3.49. The molecule has 0 unspecified atom stereocenters. The highest BCUT2D eigenvalue weighted by Gasteiger charge is 2.27. The molecule has 12 nitrogen and oxygen atoms in total. The summed E-state index contributed by atoms with van der Waals surface area (Å²) in [4.78, 5) is 36.1. The Kier molecular flexibility index (Phi) is 7.13. The van der Waals surface area contributed by atoms with Gasteiger partial charge in [0.1, 0.15) is 6.33 Å². The highest BCUT2D eigenvalue weighted by atomic mass is 16.6. The number of nitrogens with one attached hydrogen (secondary N) is 2. The van der Waals surface area contributed by atoms with Crippen LogP contribution in [0, 0.1) is 32.8 Å². The molecule has 0 radical (unpaired) electrons. The topological polar surface area (TPSA) is 174 Å². The Balaban J connectivity index is 2.28. The van der Waals surface area contributed by atoms with Gasteiger partial charge >= 0.3 is 5.69 Å². The molecule has 12 heteroatoms. The second-order valence-corrected chi connectivity index (χ2v) is 5.28. The van der Waals surface area contributed by atoms with Crippen LogP contribution in [0.4, 0.5) is 17.3 Å². The zero-order valence-corrected chi connectivity index (χ0v) is 14.6. The van der Waals surface area contributed by atoms with E-state index in [9.17, 15) is 14.9 Å². The number of pyridine rings is 1. The van der Waals surface area contributed by atoms with Crippen molar-refractivity contribution in [3.05, 3.63) is 46.5 Å². The van der Waals surface area contributed by atoms with Crippen molar-refractivity contribution in [2.45, 2.75) is 12.8 Å². The van der Waals surface area contributed by atoms with Gasteiger partial charge in [0, 0.05) is 25.5 Å². The summed E-state index contributed by atoms with van der Waals surface area (Å²) in [6.07, 6.45) is 4.11. The van der Waals surface area contributed by atoms with E-state index in [1.165, 1.54) is 23.4 Å². The number of amides is 1. The standard InChI is InChI=1S/C16H15N9O3/c17-5-2-8-24(9-3-6-18)15-13(25(27)28)14(20-11-21-15)22-23-16(26)12-4-1-7-19-10-12/h1,4,7,10-11H,2-3,8-9H2,(H,23,26)(H,20,21,22). The van der Waals surface area contributed by atoms with E-state index in [1.54, 1.807) is 6.07 Å². The minimum absolute atomic E-state index is 0.0522. The summed E-state index contributed by atoms with van der Waals surface area (Å²) in [5.74, 6) is -0.844. The monoisotopic (exact) mass is 381 g/mol. The van der Waals surface area contributed by atoms with Crippen LogP contribution in [0.15, 0.2) is 30.9 Å². The van der Waals surface area contributed by atoms with Gasteiger partial charge in [-0.05, 0) is 12.1 Å². The Hall–Kier alpha value is -4.32. The fourth-order valence-corrected chi connectivity index (χ4v) is 2.24. The lowest BCUT2D eigenvalue weighted by Crippen LogP contribution is -2.31. The van der Waals surface area contributed by atoms with E-state index in [4.69, 9.17) is 10.5 Å². The second kappa shape index (κ2) is 9.98. The smallest absolute Gasteiger partial charge is 0.349 e. The molecule has 0 aliphatic carbocycles. The maximum atomic E-state index is 12.1. The fraction of sp³-hybridized carbons (Fsp3) is 0.250. The molecular formula is C16H15N9O3. The molecule has 0 saturated heterocycles. The molecular weight excluding hydrogens is 366 g/mol. The molecule has 0 atom stereocenters. The molecule has 0 bridgehead atoms. The van der Waals surface area contributed by atoms with Crippen molar-refractivity contribution >= 4 is 23.2 Å². The third kappa shape index (κ3) is 5.09. The van der Waals surface area contributed by atoms with Gasteiger partial charge in [0.05, 0.1) is 35.5 Å². The summed E-state index contributed by atoms with van der Waals surface area (Å²) >= 11 is 0. The first-order chi connectivity index (χ1) is 13.6. The minimum atomic E-state index is -0.695. The van der Waals surface area contributed by atoms with Crippen molar-refractivity contribution in [1.29, 1.82) is 10.5 Å². The maximum absolute atomic E-state index is 12.1. The van der Waals surface area contributed by atoms with Crippen LogP contribution in [0.3, 0.4) is 0 Å². The van der Waals surface area contributed by atoms with Gasteiger partial charge in [-0.1, -0.05) is 0 Å². The lowest BCUT2D eigenvalue weighted by Gasteiger charge is -2.21. The van der Waals surface area contributed by atoms with E-state index in [0.29, 0.717) is 0 Å². The van der Waals surface area contributed by atoms with Crippen molar-refractivity contribution in [2.75, 3.05) is 23.4 Å². The molecule has 142 valence electrons. The number of carbonyl (C=O) groups is 1. The van der Waals surface area contributed by atoms with Crippen LogP contribution in [0.1, 0.15) is 23.2 Å². The lowest BCUT2D eigenvalue weighted by molar-refractivity contribution is -0.383. The molecule has 0 aliphatic rings. The van der Waals surface area contributed by atoms with E-state index in [0.717, 1.165) is 6.33 Å². The van der Waals surface area contributed by atoms with E-state index in [-0.39, 0.29) is 43.1 Å². The molecule has 0 spiro atoms. The Labute approximate surface area is 159 Å². The number of nitrogens with zero attached hydrogens (tertiary/aromatic N) is 7. The fourth-order valence-electron chi connectivity index (χ4n) is 2.24. The van der Waals surface area contributed by atoms with Crippen molar-refractivity contribution in [2.24, 2.45) is 0 Å². The number of hydrogen-bond acceptors (Lipinski definition) is 10. The summed E-state index contributed by atoms with van der Waals surface area (Å²) in [7, 11) is 0. The first kappa shape index (κ1) is 20.0. The first-order valence-corrected chi connectivity index (χ1v) is 8.03. The molecule has 0 aliphatic heterocycles. The summed E-state index contributed by atoms with van der Waals surface area (Å²) in [5.41, 5.74) is 4.50. The van der Waals surface area contributed by atoms with E-state index in [2.05, 4.69) is 25.8 Å². The van der Waals surface area contributed by atoms with Crippen LogP contribution in [-0.2, 0) is 0 Å². The number of rotatable bonds is 9. The molecule has 2 aromatic rings. The average Bonchev–Trinajstić information content (AvgIpc) is 2.72. The van der Waals surface area contributed by atoms with Crippen LogP contribution >= 0.6 is 0 Å². The van der Waals surface area contributed by atoms with Crippen molar-refractivity contribution in [3.63, 3.8) is 0 Å². The molecule has 0 saturated carbocycles. The van der Waals surface area contributed by atoms with Crippen LogP contribution < -0.4 is 15.8 Å². The van der Waals surface area contributed by atoms with Crippen molar-refractivity contribution in [1.82, 2.24) is 20.4 Å². The van der Waals surface area contributed by atoms with Gasteiger partial charge in [-0.3, -0.25) is 30.7 Å². The number of hydrazine groups is 1. The number of carbonyl (C=O) groups excluding carboxylic acids is 1. The van der Waals surface area contributed by atoms with Gasteiger partial charge in [0.15, 0.2) is 0 Å². The largest absolute Gasteiger partial charge is 0.355 e. The predicted molar refractivity (Wildman–Crippen MR) is 96.7 cm³/mol. The maximum Gasteiger partial charge on any atom is 0.355 e. The summed E-state index contributed by atoms with van der Waals surface area (Å²) < 4.78 is 0. The lowest BCUT2D eigenvalue weighted by atomic mass is 10.3. The van der Waals surface area contributed by atoms with Gasteiger partial charge in [0.25, 0.3) is 5.91 Å². The third-order valence-corrected chi connectivity index (χ3v) is 3.49. The summed E-state index contributed by atoms with van der Waals surface area (Å²) in [6, 6.07) is 6.99. The Bertz CT molecular complexity index is 903. The predicted octanol–water partition coefficient (Wildman–Crippen LogP) is 1.17. The van der Waals surface area contributed by atoms with Crippen LogP contribution in [-0.4, -0.2) is 38.9 Å². The quantitative estimate of drug-likeness (QED) is 0.474. The second-order valence-electron chi connectivity index (χ2n) is 5.28. The van der Waals surface area contributed by atoms with E-state index in [1.807, 2.05) is 12.1 Å². The average molecular weight is 381 g/mol. The molecule has 1 amide bonds. The number of aromatic nitrogens is 3. The SMILES string of the molecule is N#CCCN(CCC#N)c1ncnc(NNC(=O)c2cccnc2)c1[N+](=O)[O-]. The van der Waals surface area contributed by atoms with Gasteiger partial charge in [-0.2, -0.15) is 10.5 Å². The summed E-state index contributed by atoms with van der Waals surface area (Å²) in [5, 5.41) is 29.2. The van der Waals surface area contributed by atoms with E-state index < -0.39 is 16.5 Å². The van der Waals surface area contributed by atoms with Crippen molar-refractivity contribution < 1.29 is 9.72 Å². The van der Waals surface area contributed by atoms with Gasteiger partial charge in [-0.15, -0.1) is 0 Å². The minimum Gasteiger partial charge on any atom is -0.349 e. The van der Waals surface area contributed by atoms with Crippen LogP contribution in [0.25, 0.3) is 0 Å².